The second kappa shape index (κ2) is 6.26. The Labute approximate surface area is 127 Å². The van der Waals surface area contributed by atoms with E-state index in [0.717, 1.165) is 5.69 Å². The molecule has 20 heavy (non-hydrogen) atoms. The number of β-amino-alcohol motifs (C(OH)–C–C–N with tert-alkyl or cyclic N) is 1. The van der Waals surface area contributed by atoms with Gasteiger partial charge in [0, 0.05) is 35.8 Å². The summed E-state index contributed by atoms with van der Waals surface area (Å²) < 4.78 is 4.76. The Kier molecular flexibility index (Phi) is 4.86. The molecule has 0 radical (unpaired) electrons. The highest BCUT2D eigenvalue weighted by Crippen LogP contribution is 2.29. The minimum Gasteiger partial charge on any atom is -0.468 e. The normalized spacial score (nSPS) is 23.1. The van der Waals surface area contributed by atoms with Gasteiger partial charge < -0.3 is 9.84 Å². The monoisotopic (exact) mass is 318 g/mol. The van der Waals surface area contributed by atoms with E-state index < -0.39 is 12.1 Å². The van der Waals surface area contributed by atoms with Crippen LogP contribution in [0.25, 0.3) is 0 Å². The molecule has 1 aromatic rings. The standard InChI is InChI=1S/C13H16Cl2N2O3/c1-7-3-10(14)9(12(15)16-7)6-17-5-8(18)4-11(17)13(19)20-2/h3,8,11,18H,4-6H2,1-2H3. The van der Waals surface area contributed by atoms with Gasteiger partial charge >= 0.3 is 5.97 Å². The highest BCUT2D eigenvalue weighted by Gasteiger charge is 2.37. The molecule has 0 aliphatic carbocycles. The van der Waals surface area contributed by atoms with Crippen LogP contribution in [0.3, 0.4) is 0 Å². The quantitative estimate of drug-likeness (QED) is 0.680. The summed E-state index contributed by atoms with van der Waals surface area (Å²) in [6.45, 7) is 2.53. The molecule has 1 aromatic heterocycles. The van der Waals surface area contributed by atoms with Gasteiger partial charge in [-0.1, -0.05) is 23.2 Å². The zero-order valence-corrected chi connectivity index (χ0v) is 12.8. The zero-order valence-electron chi connectivity index (χ0n) is 11.3. The summed E-state index contributed by atoms with van der Waals surface area (Å²) in [6.07, 6.45) is -0.212. The molecule has 110 valence electrons. The molecule has 0 bridgehead atoms. The molecule has 2 unspecified atom stereocenters. The van der Waals surface area contributed by atoms with Crippen LogP contribution < -0.4 is 0 Å². The highest BCUT2D eigenvalue weighted by molar-refractivity contribution is 6.35. The van der Waals surface area contributed by atoms with Crippen LogP contribution in [0, 0.1) is 6.92 Å². The molecular formula is C13H16Cl2N2O3. The van der Waals surface area contributed by atoms with Gasteiger partial charge in [-0.25, -0.2) is 4.98 Å². The molecule has 1 fully saturated rings. The van der Waals surface area contributed by atoms with E-state index >= 15 is 0 Å². The number of halogens is 2. The summed E-state index contributed by atoms with van der Waals surface area (Å²) in [5.41, 5.74) is 1.39. The number of pyridine rings is 1. The number of likely N-dealkylation sites (tertiary alicyclic amines) is 1. The summed E-state index contributed by atoms with van der Waals surface area (Å²) in [5, 5.41) is 10.6. The number of carbonyl (C=O) groups excluding carboxylic acids is 1. The lowest BCUT2D eigenvalue weighted by atomic mass is 10.2. The Hall–Kier alpha value is -0.880. The number of methoxy groups -OCH3 is 1. The predicted molar refractivity (Wildman–Crippen MR) is 75.8 cm³/mol. The lowest BCUT2D eigenvalue weighted by molar-refractivity contribution is -0.146. The second-order valence-electron chi connectivity index (χ2n) is 4.87. The molecule has 2 atom stereocenters. The zero-order chi connectivity index (χ0) is 14.9. The minimum absolute atomic E-state index is 0.319. The van der Waals surface area contributed by atoms with Crippen molar-refractivity contribution in [1.29, 1.82) is 0 Å². The SMILES string of the molecule is COC(=O)C1CC(O)CN1Cc1c(Cl)cc(C)nc1Cl. The van der Waals surface area contributed by atoms with Crippen molar-refractivity contribution in [3.63, 3.8) is 0 Å². The van der Waals surface area contributed by atoms with Crippen molar-refractivity contribution in [3.05, 3.63) is 27.5 Å². The van der Waals surface area contributed by atoms with Crippen molar-refractivity contribution in [2.75, 3.05) is 13.7 Å². The fourth-order valence-corrected chi connectivity index (χ4v) is 3.05. The summed E-state index contributed by atoms with van der Waals surface area (Å²) in [5.74, 6) is -0.367. The molecule has 2 heterocycles. The van der Waals surface area contributed by atoms with Crippen LogP contribution >= 0.6 is 23.2 Å². The molecule has 1 aliphatic heterocycles. The average Bonchev–Trinajstić information content (AvgIpc) is 2.74. The van der Waals surface area contributed by atoms with E-state index in [1.807, 2.05) is 0 Å². The van der Waals surface area contributed by atoms with Crippen LogP contribution in [0.1, 0.15) is 17.7 Å². The van der Waals surface area contributed by atoms with E-state index in [9.17, 15) is 9.90 Å². The van der Waals surface area contributed by atoms with E-state index in [-0.39, 0.29) is 5.97 Å². The molecule has 0 spiro atoms. The number of aryl methyl sites for hydroxylation is 1. The second-order valence-corrected chi connectivity index (χ2v) is 5.64. The van der Waals surface area contributed by atoms with Crippen molar-refractivity contribution in [1.82, 2.24) is 9.88 Å². The number of rotatable bonds is 3. The first-order valence-corrected chi connectivity index (χ1v) is 6.99. The molecule has 0 saturated carbocycles. The van der Waals surface area contributed by atoms with Crippen LogP contribution in [0.15, 0.2) is 6.07 Å². The number of carbonyl (C=O) groups is 1. The third-order valence-electron chi connectivity index (χ3n) is 3.36. The number of aromatic nitrogens is 1. The molecule has 1 N–H and O–H groups in total. The van der Waals surface area contributed by atoms with Gasteiger partial charge in [0.1, 0.15) is 11.2 Å². The maximum atomic E-state index is 11.7. The third-order valence-corrected chi connectivity index (χ3v) is 4.01. The number of aliphatic hydroxyl groups is 1. The smallest absolute Gasteiger partial charge is 0.323 e. The lowest BCUT2D eigenvalue weighted by Crippen LogP contribution is -2.36. The molecule has 0 aromatic carbocycles. The number of aliphatic hydroxyl groups excluding tert-OH is 1. The number of hydrogen-bond acceptors (Lipinski definition) is 5. The Morgan fingerprint density at radius 2 is 2.30 bits per heavy atom. The van der Waals surface area contributed by atoms with E-state index in [2.05, 4.69) is 4.98 Å². The Balaban J connectivity index is 2.22. The number of hydrogen-bond donors (Lipinski definition) is 1. The first-order valence-electron chi connectivity index (χ1n) is 6.23. The number of ether oxygens (including phenoxy) is 1. The van der Waals surface area contributed by atoms with Gasteiger partial charge in [-0.3, -0.25) is 9.69 Å². The summed E-state index contributed by atoms with van der Waals surface area (Å²) in [4.78, 5) is 17.7. The first-order chi connectivity index (χ1) is 9.42. The lowest BCUT2D eigenvalue weighted by Gasteiger charge is -2.22. The fraction of sp³-hybridized carbons (Fsp3) is 0.538. The maximum Gasteiger partial charge on any atom is 0.323 e. The van der Waals surface area contributed by atoms with Crippen molar-refractivity contribution >= 4 is 29.2 Å². The molecule has 1 saturated heterocycles. The molecule has 2 rings (SSSR count). The van der Waals surface area contributed by atoms with Gasteiger partial charge in [-0.15, -0.1) is 0 Å². The van der Waals surface area contributed by atoms with Crippen LogP contribution in [0.4, 0.5) is 0 Å². The van der Waals surface area contributed by atoms with Crippen molar-refractivity contribution in [3.8, 4) is 0 Å². The Bertz CT molecular complexity index is 501. The molecule has 5 nitrogen and oxygen atoms in total. The van der Waals surface area contributed by atoms with Crippen LogP contribution in [-0.2, 0) is 16.1 Å². The van der Waals surface area contributed by atoms with Gasteiger partial charge in [-0.05, 0) is 13.0 Å². The van der Waals surface area contributed by atoms with E-state index in [1.165, 1.54) is 7.11 Å². The predicted octanol–water partition coefficient (Wildman–Crippen LogP) is 1.81. The highest BCUT2D eigenvalue weighted by atomic mass is 35.5. The van der Waals surface area contributed by atoms with Crippen molar-refractivity contribution < 1.29 is 14.6 Å². The Morgan fingerprint density at radius 3 is 2.90 bits per heavy atom. The molecule has 7 heteroatoms. The van der Waals surface area contributed by atoms with Crippen molar-refractivity contribution in [2.45, 2.75) is 32.0 Å². The fourth-order valence-electron chi connectivity index (χ4n) is 2.40. The van der Waals surface area contributed by atoms with E-state index in [1.54, 1.807) is 17.9 Å². The molecule has 1 aliphatic rings. The van der Waals surface area contributed by atoms with Crippen LogP contribution in [0.5, 0.6) is 0 Å². The van der Waals surface area contributed by atoms with E-state index in [0.29, 0.717) is 35.2 Å². The van der Waals surface area contributed by atoms with Gasteiger partial charge in [0.05, 0.1) is 13.2 Å². The van der Waals surface area contributed by atoms with Gasteiger partial charge in [0.25, 0.3) is 0 Å². The summed E-state index contributed by atoms with van der Waals surface area (Å²) in [7, 11) is 1.33. The Morgan fingerprint density at radius 1 is 1.60 bits per heavy atom. The first kappa shape index (κ1) is 15.5. The molecular weight excluding hydrogens is 303 g/mol. The van der Waals surface area contributed by atoms with Crippen molar-refractivity contribution in [2.24, 2.45) is 0 Å². The number of nitrogens with zero attached hydrogens (tertiary/aromatic N) is 2. The summed E-state index contributed by atoms with van der Waals surface area (Å²) in [6, 6.07) is 1.24. The van der Waals surface area contributed by atoms with Crippen LogP contribution in [0.2, 0.25) is 10.2 Å². The largest absolute Gasteiger partial charge is 0.468 e. The number of esters is 1. The maximum absolute atomic E-state index is 11.7. The van der Waals surface area contributed by atoms with Gasteiger partial charge in [0.2, 0.25) is 0 Å². The van der Waals surface area contributed by atoms with Crippen LogP contribution in [-0.4, -0.2) is 46.8 Å². The molecule has 0 amide bonds. The topological polar surface area (TPSA) is 62.7 Å². The third kappa shape index (κ3) is 3.23. The van der Waals surface area contributed by atoms with Gasteiger partial charge in [-0.2, -0.15) is 0 Å². The van der Waals surface area contributed by atoms with E-state index in [4.69, 9.17) is 27.9 Å². The minimum atomic E-state index is -0.560. The van der Waals surface area contributed by atoms with Gasteiger partial charge in [0.15, 0.2) is 0 Å². The average molecular weight is 319 g/mol. The summed E-state index contributed by atoms with van der Waals surface area (Å²) >= 11 is 12.3.